The summed E-state index contributed by atoms with van der Waals surface area (Å²) in [5.41, 5.74) is 1.89. The zero-order valence-electron chi connectivity index (χ0n) is 15.8. The summed E-state index contributed by atoms with van der Waals surface area (Å²) in [4.78, 5) is 31.2. The molecule has 0 saturated carbocycles. The smallest absolute Gasteiger partial charge is 0.338 e. The molecule has 3 aromatic rings. The molecule has 2 aromatic carbocycles. The first-order chi connectivity index (χ1) is 14.0. The van der Waals surface area contributed by atoms with Crippen LogP contribution in [0.15, 0.2) is 54.7 Å². The fourth-order valence-corrected chi connectivity index (χ4v) is 2.64. The van der Waals surface area contributed by atoms with Crippen molar-refractivity contribution in [3.8, 4) is 17.0 Å². The topological polar surface area (TPSA) is 116 Å². The van der Waals surface area contributed by atoms with E-state index in [-0.39, 0.29) is 24.0 Å². The van der Waals surface area contributed by atoms with Gasteiger partial charge in [0.15, 0.2) is 5.75 Å². The molecule has 0 spiro atoms. The fourth-order valence-electron chi connectivity index (χ4n) is 2.64. The van der Waals surface area contributed by atoms with Crippen LogP contribution in [0.3, 0.4) is 0 Å². The standard InChI is InChI=1S/C20H18N4O5/c1-3-29-19(25)14-5-4-6-15(11-14)22-20-21-10-9-16(23-20)13-7-8-18(28-2)17(12-13)24(26)27/h4-12H,3H2,1-2H3,(H,21,22,23). The normalized spacial score (nSPS) is 10.3. The highest BCUT2D eigenvalue weighted by Crippen LogP contribution is 2.31. The number of methoxy groups -OCH3 is 1. The Morgan fingerprint density at radius 1 is 1.21 bits per heavy atom. The molecule has 0 amide bonds. The van der Waals surface area contributed by atoms with E-state index in [0.29, 0.717) is 22.5 Å². The van der Waals surface area contributed by atoms with E-state index in [4.69, 9.17) is 9.47 Å². The van der Waals surface area contributed by atoms with Crippen LogP contribution in [0.5, 0.6) is 5.75 Å². The van der Waals surface area contributed by atoms with Crippen LogP contribution in [0.25, 0.3) is 11.3 Å². The Morgan fingerprint density at radius 2 is 2.03 bits per heavy atom. The minimum Gasteiger partial charge on any atom is -0.490 e. The zero-order chi connectivity index (χ0) is 20.8. The number of nitro groups is 1. The van der Waals surface area contributed by atoms with Gasteiger partial charge in [0.1, 0.15) is 0 Å². The van der Waals surface area contributed by atoms with Crippen molar-refractivity contribution >= 4 is 23.3 Å². The van der Waals surface area contributed by atoms with Crippen LogP contribution in [-0.4, -0.2) is 34.6 Å². The number of hydrogen-bond acceptors (Lipinski definition) is 8. The van der Waals surface area contributed by atoms with Crippen LogP contribution in [0, 0.1) is 10.1 Å². The van der Waals surface area contributed by atoms with E-state index in [1.54, 1.807) is 43.3 Å². The molecule has 0 unspecified atom stereocenters. The van der Waals surface area contributed by atoms with Crippen LogP contribution in [0.2, 0.25) is 0 Å². The molecule has 148 valence electrons. The van der Waals surface area contributed by atoms with Gasteiger partial charge in [-0.15, -0.1) is 0 Å². The highest BCUT2D eigenvalue weighted by molar-refractivity contribution is 5.90. The van der Waals surface area contributed by atoms with Crippen molar-refractivity contribution in [2.24, 2.45) is 0 Å². The number of aromatic nitrogens is 2. The summed E-state index contributed by atoms with van der Waals surface area (Å²) >= 11 is 0. The van der Waals surface area contributed by atoms with Crippen LogP contribution >= 0.6 is 0 Å². The molecule has 1 N–H and O–H groups in total. The molecule has 0 saturated heterocycles. The Kier molecular flexibility index (Phi) is 5.98. The molecule has 9 nitrogen and oxygen atoms in total. The average Bonchev–Trinajstić information content (AvgIpc) is 2.74. The van der Waals surface area contributed by atoms with Crippen molar-refractivity contribution in [1.82, 2.24) is 9.97 Å². The van der Waals surface area contributed by atoms with Gasteiger partial charge >= 0.3 is 11.7 Å². The number of carbonyl (C=O) groups is 1. The number of carbonyl (C=O) groups excluding carboxylic acids is 1. The number of hydrogen-bond donors (Lipinski definition) is 1. The molecule has 0 radical (unpaired) electrons. The average molecular weight is 394 g/mol. The lowest BCUT2D eigenvalue weighted by Gasteiger charge is -2.09. The molecule has 0 aliphatic rings. The molecule has 0 aliphatic carbocycles. The lowest BCUT2D eigenvalue weighted by atomic mass is 10.1. The number of rotatable bonds is 7. The summed E-state index contributed by atoms with van der Waals surface area (Å²) < 4.78 is 10.0. The Bertz CT molecular complexity index is 1050. The van der Waals surface area contributed by atoms with E-state index < -0.39 is 10.9 Å². The first-order valence-corrected chi connectivity index (χ1v) is 8.72. The largest absolute Gasteiger partial charge is 0.490 e. The quantitative estimate of drug-likeness (QED) is 0.363. The molecule has 0 aliphatic heterocycles. The van der Waals surface area contributed by atoms with E-state index >= 15 is 0 Å². The van der Waals surface area contributed by atoms with E-state index in [9.17, 15) is 14.9 Å². The molecular weight excluding hydrogens is 376 g/mol. The molecule has 29 heavy (non-hydrogen) atoms. The summed E-state index contributed by atoms with van der Waals surface area (Å²) in [6.07, 6.45) is 1.54. The first-order valence-electron chi connectivity index (χ1n) is 8.72. The predicted octanol–water partition coefficient (Wildman–Crippen LogP) is 3.98. The first kappa shape index (κ1) is 19.7. The van der Waals surface area contributed by atoms with Gasteiger partial charge < -0.3 is 14.8 Å². The third kappa shape index (κ3) is 4.64. The molecule has 3 rings (SSSR count). The van der Waals surface area contributed by atoms with Gasteiger partial charge in [-0.2, -0.15) is 0 Å². The maximum Gasteiger partial charge on any atom is 0.338 e. The number of nitrogens with zero attached hydrogens (tertiary/aromatic N) is 3. The number of nitro benzene ring substituents is 1. The maximum absolute atomic E-state index is 11.9. The summed E-state index contributed by atoms with van der Waals surface area (Å²) in [5.74, 6) is 0.0280. The monoisotopic (exact) mass is 394 g/mol. The second-order valence-corrected chi connectivity index (χ2v) is 5.84. The predicted molar refractivity (Wildman–Crippen MR) is 106 cm³/mol. The van der Waals surface area contributed by atoms with Gasteiger partial charge in [0.05, 0.1) is 29.9 Å². The van der Waals surface area contributed by atoms with Crippen molar-refractivity contribution in [1.29, 1.82) is 0 Å². The molecule has 1 heterocycles. The van der Waals surface area contributed by atoms with Gasteiger partial charge in [-0.3, -0.25) is 10.1 Å². The molecule has 9 heteroatoms. The van der Waals surface area contributed by atoms with Gasteiger partial charge in [-0.05, 0) is 43.3 Å². The molecule has 1 aromatic heterocycles. The van der Waals surface area contributed by atoms with Gasteiger partial charge in [-0.25, -0.2) is 14.8 Å². The summed E-state index contributed by atoms with van der Waals surface area (Å²) in [7, 11) is 1.37. The van der Waals surface area contributed by atoms with E-state index in [2.05, 4.69) is 15.3 Å². The molecular formula is C20H18N4O5. The second kappa shape index (κ2) is 8.79. The lowest BCUT2D eigenvalue weighted by molar-refractivity contribution is -0.385. The van der Waals surface area contributed by atoms with Gasteiger partial charge in [-0.1, -0.05) is 6.07 Å². The maximum atomic E-state index is 11.9. The Morgan fingerprint density at radius 3 is 2.76 bits per heavy atom. The van der Waals surface area contributed by atoms with E-state index in [1.807, 2.05) is 0 Å². The minimum atomic E-state index is -0.510. The van der Waals surface area contributed by atoms with Gasteiger partial charge in [0.2, 0.25) is 5.95 Å². The Hall–Kier alpha value is -4.01. The summed E-state index contributed by atoms with van der Waals surface area (Å²) in [6, 6.07) is 13.0. The molecule has 0 atom stereocenters. The van der Waals surface area contributed by atoms with Crippen molar-refractivity contribution in [2.45, 2.75) is 6.92 Å². The summed E-state index contributed by atoms with van der Waals surface area (Å²) in [5, 5.41) is 14.3. The van der Waals surface area contributed by atoms with E-state index in [0.717, 1.165) is 0 Å². The highest BCUT2D eigenvalue weighted by atomic mass is 16.6. The third-order valence-corrected chi connectivity index (χ3v) is 3.96. The zero-order valence-corrected chi connectivity index (χ0v) is 15.8. The lowest BCUT2D eigenvalue weighted by Crippen LogP contribution is -2.05. The number of nitrogens with one attached hydrogen (secondary N) is 1. The molecule has 0 bridgehead atoms. The van der Waals surface area contributed by atoms with Crippen molar-refractivity contribution in [3.05, 3.63) is 70.4 Å². The van der Waals surface area contributed by atoms with Crippen LogP contribution in [-0.2, 0) is 4.74 Å². The van der Waals surface area contributed by atoms with Crippen LogP contribution < -0.4 is 10.1 Å². The second-order valence-electron chi connectivity index (χ2n) is 5.84. The summed E-state index contributed by atoms with van der Waals surface area (Å²) in [6.45, 7) is 2.03. The van der Waals surface area contributed by atoms with Crippen LogP contribution in [0.1, 0.15) is 17.3 Å². The number of ether oxygens (including phenoxy) is 2. The number of esters is 1. The SMILES string of the molecule is CCOC(=O)c1cccc(Nc2nccc(-c3ccc(OC)c([N+](=O)[O-])c3)n2)c1. The van der Waals surface area contributed by atoms with Crippen molar-refractivity contribution in [3.63, 3.8) is 0 Å². The van der Waals surface area contributed by atoms with Crippen molar-refractivity contribution < 1.29 is 19.2 Å². The van der Waals surface area contributed by atoms with Crippen molar-refractivity contribution in [2.75, 3.05) is 19.0 Å². The Labute approximate surface area is 166 Å². The number of benzene rings is 2. The third-order valence-electron chi connectivity index (χ3n) is 3.96. The van der Waals surface area contributed by atoms with Crippen LogP contribution in [0.4, 0.5) is 17.3 Å². The Balaban J connectivity index is 1.87. The number of anilines is 2. The highest BCUT2D eigenvalue weighted by Gasteiger charge is 2.16. The molecule has 0 fully saturated rings. The van der Waals surface area contributed by atoms with Gasteiger partial charge in [0.25, 0.3) is 0 Å². The van der Waals surface area contributed by atoms with Gasteiger partial charge in [0, 0.05) is 23.5 Å². The fraction of sp³-hybridized carbons (Fsp3) is 0.150. The van der Waals surface area contributed by atoms with E-state index in [1.165, 1.54) is 25.4 Å². The minimum absolute atomic E-state index is 0.153.